The first-order valence-electron chi connectivity index (χ1n) is 8.49. The fourth-order valence-corrected chi connectivity index (χ4v) is 2.96. The molecule has 4 rings (SSSR count). The van der Waals surface area contributed by atoms with Crippen LogP contribution in [0.4, 0.5) is 5.69 Å². The fourth-order valence-electron chi connectivity index (χ4n) is 2.96. The third-order valence-electron chi connectivity index (χ3n) is 4.20. The van der Waals surface area contributed by atoms with Crippen molar-refractivity contribution >= 4 is 22.7 Å². The van der Waals surface area contributed by atoms with Gasteiger partial charge in [-0.2, -0.15) is 0 Å². The number of carbonyl (C=O) groups excluding carboxylic acids is 1. The summed E-state index contributed by atoms with van der Waals surface area (Å²) in [5, 5.41) is 2.92. The van der Waals surface area contributed by atoms with E-state index >= 15 is 0 Å². The summed E-state index contributed by atoms with van der Waals surface area (Å²) < 4.78 is 5.45. The summed E-state index contributed by atoms with van der Waals surface area (Å²) in [6.45, 7) is 1.80. The quantitative estimate of drug-likeness (QED) is 0.569. The second-order valence-corrected chi connectivity index (χ2v) is 6.20. The number of oxazole rings is 1. The number of nitrogens with one attached hydrogen (secondary N) is 1. The molecule has 0 aliphatic heterocycles. The Morgan fingerprint density at radius 2 is 1.69 bits per heavy atom. The Bertz CT molecular complexity index is 1050. The molecule has 4 nitrogen and oxygen atoms in total. The van der Waals surface area contributed by atoms with E-state index in [1.165, 1.54) is 5.56 Å². The van der Waals surface area contributed by atoms with Gasteiger partial charge in [-0.15, -0.1) is 0 Å². The average Bonchev–Trinajstić information content (AvgIpc) is 3.02. The smallest absolute Gasteiger partial charge is 0.228 e. The molecule has 0 spiro atoms. The van der Waals surface area contributed by atoms with Crippen LogP contribution in [-0.4, -0.2) is 10.9 Å². The van der Waals surface area contributed by atoms with Gasteiger partial charge >= 0.3 is 0 Å². The Morgan fingerprint density at radius 1 is 0.962 bits per heavy atom. The predicted octanol–water partition coefficient (Wildman–Crippen LogP) is 4.98. The van der Waals surface area contributed by atoms with Gasteiger partial charge in [0.1, 0.15) is 5.52 Å². The number of hydrogen-bond donors (Lipinski definition) is 1. The molecule has 0 radical (unpaired) electrons. The molecule has 4 heteroatoms. The Balaban J connectivity index is 1.43. The number of hydrogen-bond acceptors (Lipinski definition) is 3. The van der Waals surface area contributed by atoms with Crippen LogP contribution in [0, 0.1) is 6.92 Å². The van der Waals surface area contributed by atoms with Crippen molar-refractivity contribution in [1.29, 1.82) is 0 Å². The molecule has 0 saturated carbocycles. The van der Waals surface area contributed by atoms with Crippen molar-refractivity contribution in [1.82, 2.24) is 4.98 Å². The number of amides is 1. The van der Waals surface area contributed by atoms with Crippen LogP contribution in [0.25, 0.3) is 22.2 Å². The molecule has 1 N–H and O–H groups in total. The molecule has 3 aromatic carbocycles. The van der Waals surface area contributed by atoms with Crippen molar-refractivity contribution < 1.29 is 9.21 Å². The minimum absolute atomic E-state index is 0.0583. The van der Waals surface area contributed by atoms with E-state index in [1.807, 2.05) is 60.7 Å². The molecule has 0 fully saturated rings. The third-order valence-corrected chi connectivity index (χ3v) is 4.20. The summed E-state index contributed by atoms with van der Waals surface area (Å²) in [6.07, 6.45) is 0.324. The van der Waals surface area contributed by atoms with Crippen LogP contribution in [0.5, 0.6) is 0 Å². The maximum Gasteiger partial charge on any atom is 0.228 e. The monoisotopic (exact) mass is 342 g/mol. The van der Waals surface area contributed by atoms with Gasteiger partial charge in [0, 0.05) is 12.6 Å². The Hall–Kier alpha value is -3.40. The molecular weight excluding hydrogens is 324 g/mol. The van der Waals surface area contributed by atoms with Gasteiger partial charge in [0.2, 0.25) is 5.91 Å². The van der Waals surface area contributed by atoms with Gasteiger partial charge in [0.25, 0.3) is 0 Å². The topological polar surface area (TPSA) is 55.1 Å². The number of fused-ring (bicyclic) bond motifs is 1. The zero-order valence-electron chi connectivity index (χ0n) is 14.4. The summed E-state index contributed by atoms with van der Waals surface area (Å²) in [4.78, 5) is 16.6. The van der Waals surface area contributed by atoms with Crippen LogP contribution in [0.3, 0.4) is 0 Å². The number of rotatable bonds is 4. The lowest BCUT2D eigenvalue weighted by Gasteiger charge is -2.06. The van der Waals surface area contributed by atoms with Crippen LogP contribution >= 0.6 is 0 Å². The molecule has 1 heterocycles. The predicted molar refractivity (Wildman–Crippen MR) is 103 cm³/mol. The number of carbonyl (C=O) groups is 1. The number of aryl methyl sites for hydroxylation is 1. The SMILES string of the molecule is Cc1nc2cc(NC(=O)Cc3ccc(-c4ccccc4)cc3)ccc2o1. The van der Waals surface area contributed by atoms with E-state index in [1.54, 1.807) is 6.92 Å². The van der Waals surface area contributed by atoms with Crippen LogP contribution in [0.2, 0.25) is 0 Å². The van der Waals surface area contributed by atoms with Crippen molar-refractivity contribution in [3.05, 3.63) is 84.3 Å². The summed E-state index contributed by atoms with van der Waals surface area (Å²) in [5.41, 5.74) is 5.46. The van der Waals surface area contributed by atoms with Gasteiger partial charge in [-0.3, -0.25) is 4.79 Å². The highest BCUT2D eigenvalue weighted by Gasteiger charge is 2.07. The van der Waals surface area contributed by atoms with Crippen LogP contribution in [0.1, 0.15) is 11.5 Å². The van der Waals surface area contributed by atoms with Crippen LogP contribution in [-0.2, 0) is 11.2 Å². The lowest BCUT2D eigenvalue weighted by atomic mass is 10.0. The normalized spacial score (nSPS) is 10.8. The molecular formula is C22H18N2O2. The molecule has 26 heavy (non-hydrogen) atoms. The molecule has 4 aromatic rings. The van der Waals surface area contributed by atoms with E-state index in [-0.39, 0.29) is 5.91 Å². The Kier molecular flexibility index (Phi) is 4.23. The molecule has 0 unspecified atom stereocenters. The third kappa shape index (κ3) is 3.49. The summed E-state index contributed by atoms with van der Waals surface area (Å²) >= 11 is 0. The van der Waals surface area contributed by atoms with Crippen molar-refractivity contribution in [3.63, 3.8) is 0 Å². The zero-order valence-corrected chi connectivity index (χ0v) is 14.4. The van der Waals surface area contributed by atoms with E-state index in [0.717, 1.165) is 27.9 Å². The van der Waals surface area contributed by atoms with E-state index < -0.39 is 0 Å². The maximum atomic E-state index is 12.3. The minimum Gasteiger partial charge on any atom is -0.441 e. The number of benzene rings is 3. The molecule has 0 atom stereocenters. The van der Waals surface area contributed by atoms with Crippen LogP contribution in [0.15, 0.2) is 77.2 Å². The summed E-state index contributed by atoms with van der Waals surface area (Å²) in [7, 11) is 0. The van der Waals surface area contributed by atoms with Gasteiger partial charge in [-0.1, -0.05) is 54.6 Å². The molecule has 1 aromatic heterocycles. The van der Waals surface area contributed by atoms with E-state index in [0.29, 0.717) is 12.3 Å². The first-order chi connectivity index (χ1) is 12.7. The highest BCUT2D eigenvalue weighted by molar-refractivity contribution is 5.94. The van der Waals surface area contributed by atoms with Crippen molar-refractivity contribution in [2.75, 3.05) is 5.32 Å². The lowest BCUT2D eigenvalue weighted by molar-refractivity contribution is -0.115. The number of anilines is 1. The summed E-state index contributed by atoms with van der Waals surface area (Å²) in [6, 6.07) is 23.7. The van der Waals surface area contributed by atoms with E-state index in [9.17, 15) is 4.79 Å². The zero-order chi connectivity index (χ0) is 17.9. The average molecular weight is 342 g/mol. The maximum absolute atomic E-state index is 12.3. The van der Waals surface area contributed by atoms with Crippen molar-refractivity contribution in [3.8, 4) is 11.1 Å². The van der Waals surface area contributed by atoms with E-state index in [2.05, 4.69) is 22.4 Å². The van der Waals surface area contributed by atoms with Gasteiger partial charge in [-0.25, -0.2) is 4.98 Å². The molecule has 0 aliphatic rings. The molecule has 0 bridgehead atoms. The van der Waals surface area contributed by atoms with Crippen LogP contribution < -0.4 is 5.32 Å². The van der Waals surface area contributed by atoms with Gasteiger partial charge in [0.15, 0.2) is 11.5 Å². The first-order valence-corrected chi connectivity index (χ1v) is 8.49. The number of aromatic nitrogens is 1. The summed E-state index contributed by atoms with van der Waals surface area (Å²) in [5.74, 6) is 0.555. The molecule has 128 valence electrons. The van der Waals surface area contributed by atoms with Gasteiger partial charge in [-0.05, 0) is 34.9 Å². The largest absolute Gasteiger partial charge is 0.441 e. The Morgan fingerprint density at radius 3 is 2.46 bits per heavy atom. The fraction of sp³-hybridized carbons (Fsp3) is 0.0909. The highest BCUT2D eigenvalue weighted by atomic mass is 16.3. The van der Waals surface area contributed by atoms with Gasteiger partial charge in [0.05, 0.1) is 6.42 Å². The van der Waals surface area contributed by atoms with Crippen molar-refractivity contribution in [2.24, 2.45) is 0 Å². The Labute approximate surface area is 151 Å². The minimum atomic E-state index is -0.0583. The molecule has 0 saturated heterocycles. The molecule has 1 amide bonds. The van der Waals surface area contributed by atoms with Crippen molar-refractivity contribution in [2.45, 2.75) is 13.3 Å². The standard InChI is InChI=1S/C22H18N2O2/c1-15-23-20-14-19(11-12-21(20)26-15)24-22(25)13-16-7-9-18(10-8-16)17-5-3-2-4-6-17/h2-12,14H,13H2,1H3,(H,24,25). The second kappa shape index (κ2) is 6.84. The first kappa shape index (κ1) is 16.1. The second-order valence-electron chi connectivity index (χ2n) is 6.20. The van der Waals surface area contributed by atoms with E-state index in [4.69, 9.17) is 4.42 Å². The lowest BCUT2D eigenvalue weighted by Crippen LogP contribution is -2.14. The molecule has 0 aliphatic carbocycles. The number of nitrogens with zero attached hydrogens (tertiary/aromatic N) is 1. The van der Waals surface area contributed by atoms with Gasteiger partial charge < -0.3 is 9.73 Å². The highest BCUT2D eigenvalue weighted by Crippen LogP contribution is 2.21.